The van der Waals surface area contributed by atoms with E-state index >= 15 is 0 Å². The van der Waals surface area contributed by atoms with Crippen LogP contribution in [0.1, 0.15) is 48.4 Å². The first-order valence-electron chi connectivity index (χ1n) is 9.44. The summed E-state index contributed by atoms with van der Waals surface area (Å²) >= 11 is 0. The molecule has 0 saturated heterocycles. The molecule has 1 aromatic heterocycles. The highest BCUT2D eigenvalue weighted by Crippen LogP contribution is 2.68. The van der Waals surface area contributed by atoms with Crippen LogP contribution in [0.25, 0.3) is 0 Å². The molecule has 4 aliphatic carbocycles. The summed E-state index contributed by atoms with van der Waals surface area (Å²) in [4.78, 5) is 17.0. The molecule has 4 fully saturated rings. The van der Waals surface area contributed by atoms with Gasteiger partial charge < -0.3 is 10.1 Å². The summed E-state index contributed by atoms with van der Waals surface area (Å²) in [5, 5.41) is 3.36. The molecule has 1 N–H and O–H groups in total. The molecule has 26 heavy (non-hydrogen) atoms. The van der Waals surface area contributed by atoms with Gasteiger partial charge in [-0.25, -0.2) is 0 Å². The van der Waals surface area contributed by atoms with Crippen molar-refractivity contribution in [2.75, 3.05) is 7.11 Å². The first-order valence-corrected chi connectivity index (χ1v) is 9.44. The first kappa shape index (κ1) is 16.0. The van der Waals surface area contributed by atoms with Gasteiger partial charge in [0.2, 0.25) is 5.91 Å². The van der Waals surface area contributed by atoms with Crippen molar-refractivity contribution >= 4 is 5.91 Å². The van der Waals surface area contributed by atoms with Crippen molar-refractivity contribution in [3.8, 4) is 0 Å². The van der Waals surface area contributed by atoms with Gasteiger partial charge >= 0.3 is 0 Å². The summed E-state index contributed by atoms with van der Waals surface area (Å²) in [5.74, 6) is 0.651. The zero-order valence-electron chi connectivity index (χ0n) is 15.1. The van der Waals surface area contributed by atoms with E-state index in [0.717, 1.165) is 31.4 Å². The molecule has 6 rings (SSSR count). The Morgan fingerprint density at radius 3 is 2.62 bits per heavy atom. The minimum absolute atomic E-state index is 0.0551. The molecule has 0 aliphatic heterocycles. The number of rotatable bonds is 6. The molecule has 1 aromatic carbocycles. The van der Waals surface area contributed by atoms with E-state index in [2.05, 4.69) is 34.6 Å². The van der Waals surface area contributed by atoms with Gasteiger partial charge in [-0.3, -0.25) is 9.78 Å². The molecule has 0 radical (unpaired) electrons. The van der Waals surface area contributed by atoms with Gasteiger partial charge in [0, 0.05) is 41.8 Å². The minimum atomic E-state index is 0.0551. The molecule has 0 spiro atoms. The number of hydrogen-bond acceptors (Lipinski definition) is 3. The number of carbonyl (C=O) groups excluding carboxylic acids is 1. The maximum atomic E-state index is 12.6. The normalized spacial score (nSPS) is 33.7. The largest absolute Gasteiger partial charge is 0.380 e. The minimum Gasteiger partial charge on any atom is -0.380 e. The molecular formula is C22H24N2O2. The Morgan fingerprint density at radius 1 is 1.19 bits per heavy atom. The number of nitrogens with zero attached hydrogens (tertiary/aromatic N) is 1. The fourth-order valence-electron chi connectivity index (χ4n) is 5.11. The fourth-order valence-corrected chi connectivity index (χ4v) is 5.11. The van der Waals surface area contributed by atoms with Crippen molar-refractivity contribution in [2.24, 2.45) is 5.92 Å². The first-order chi connectivity index (χ1) is 12.6. The molecule has 4 saturated carbocycles. The quantitative estimate of drug-likeness (QED) is 0.871. The van der Waals surface area contributed by atoms with E-state index in [9.17, 15) is 4.79 Å². The number of methoxy groups -OCH3 is 1. The third kappa shape index (κ3) is 2.47. The van der Waals surface area contributed by atoms with Crippen molar-refractivity contribution in [3.63, 3.8) is 0 Å². The molecule has 4 aliphatic rings. The lowest BCUT2D eigenvalue weighted by Gasteiger charge is -2.71. The lowest BCUT2D eigenvalue weighted by Crippen LogP contribution is -2.76. The molecule has 4 heteroatoms. The Morgan fingerprint density at radius 2 is 1.96 bits per heavy atom. The second-order valence-electron chi connectivity index (χ2n) is 8.41. The maximum Gasteiger partial charge on any atom is 0.224 e. The average molecular weight is 348 g/mol. The Labute approximate surface area is 154 Å². The van der Waals surface area contributed by atoms with Crippen LogP contribution >= 0.6 is 0 Å². The number of benzene rings is 1. The number of carbonyl (C=O) groups is 1. The van der Waals surface area contributed by atoms with Crippen LogP contribution in [0.4, 0.5) is 0 Å². The molecule has 1 amide bonds. The van der Waals surface area contributed by atoms with Crippen LogP contribution in [0.2, 0.25) is 0 Å². The van der Waals surface area contributed by atoms with Gasteiger partial charge in [-0.2, -0.15) is 0 Å². The summed E-state index contributed by atoms with van der Waals surface area (Å²) in [6.07, 6.45) is 5.99. The highest BCUT2D eigenvalue weighted by Gasteiger charge is 2.69. The summed E-state index contributed by atoms with van der Waals surface area (Å²) in [7, 11) is 1.72. The highest BCUT2D eigenvalue weighted by molar-refractivity contribution is 5.84. The average Bonchev–Trinajstić information content (AvgIpc) is 3.40. The standard InChI is InChI=1S/C22H24N2O2/c1-26-11-15-5-7-16(8-6-15)21-12-22(13-21,14-21)24-20(25)18-10-17(18)19-4-2-3-9-23-19/h2-9,17-18H,10-14H2,1H3,(H,24,25). The molecular weight excluding hydrogens is 324 g/mol. The molecule has 2 bridgehead atoms. The van der Waals surface area contributed by atoms with Crippen LogP contribution in [-0.2, 0) is 21.6 Å². The van der Waals surface area contributed by atoms with Crippen molar-refractivity contribution in [3.05, 3.63) is 65.5 Å². The summed E-state index contributed by atoms with van der Waals surface area (Å²) in [6.45, 7) is 0.659. The van der Waals surface area contributed by atoms with Crippen molar-refractivity contribution in [1.29, 1.82) is 0 Å². The second-order valence-corrected chi connectivity index (χ2v) is 8.41. The molecule has 1 heterocycles. The van der Waals surface area contributed by atoms with E-state index in [1.807, 2.05) is 24.4 Å². The Kier molecular flexibility index (Phi) is 3.48. The lowest BCUT2D eigenvalue weighted by atomic mass is 9.37. The zero-order chi connectivity index (χ0) is 17.8. The topological polar surface area (TPSA) is 51.2 Å². The van der Waals surface area contributed by atoms with Crippen molar-refractivity contribution < 1.29 is 9.53 Å². The van der Waals surface area contributed by atoms with Gasteiger partial charge in [0.05, 0.1) is 6.61 Å². The van der Waals surface area contributed by atoms with Crippen LogP contribution in [0.3, 0.4) is 0 Å². The molecule has 2 atom stereocenters. The van der Waals surface area contributed by atoms with E-state index in [1.165, 1.54) is 11.1 Å². The number of aromatic nitrogens is 1. The third-order valence-corrected chi connectivity index (χ3v) is 6.49. The predicted molar refractivity (Wildman–Crippen MR) is 98.6 cm³/mol. The van der Waals surface area contributed by atoms with E-state index in [1.54, 1.807) is 7.11 Å². The van der Waals surface area contributed by atoms with Gasteiger partial charge in [-0.05, 0) is 48.9 Å². The Hall–Kier alpha value is -2.20. The monoisotopic (exact) mass is 348 g/mol. The molecule has 2 unspecified atom stereocenters. The van der Waals surface area contributed by atoms with Crippen LogP contribution in [0.5, 0.6) is 0 Å². The van der Waals surface area contributed by atoms with Crippen molar-refractivity contribution in [2.45, 2.75) is 49.2 Å². The number of ether oxygens (including phenoxy) is 1. The number of amides is 1. The van der Waals surface area contributed by atoms with Crippen molar-refractivity contribution in [1.82, 2.24) is 10.3 Å². The van der Waals surface area contributed by atoms with E-state index < -0.39 is 0 Å². The van der Waals surface area contributed by atoms with Gasteiger partial charge in [0.15, 0.2) is 0 Å². The highest BCUT2D eigenvalue weighted by atomic mass is 16.5. The smallest absolute Gasteiger partial charge is 0.224 e. The van der Waals surface area contributed by atoms with E-state index in [0.29, 0.717) is 17.9 Å². The van der Waals surface area contributed by atoms with E-state index in [-0.39, 0.29) is 17.4 Å². The summed E-state index contributed by atoms with van der Waals surface area (Å²) in [6, 6.07) is 14.7. The number of hydrogen-bond donors (Lipinski definition) is 1. The van der Waals surface area contributed by atoms with Crippen LogP contribution in [0.15, 0.2) is 48.7 Å². The zero-order valence-corrected chi connectivity index (χ0v) is 15.1. The van der Waals surface area contributed by atoms with Gasteiger partial charge in [-0.15, -0.1) is 0 Å². The van der Waals surface area contributed by atoms with Crippen LogP contribution in [-0.4, -0.2) is 23.5 Å². The molecule has 4 nitrogen and oxygen atoms in total. The predicted octanol–water partition coefficient (Wildman–Crippen LogP) is 3.32. The SMILES string of the molecule is COCc1ccc(C23CC(NC(=O)C4CC4c4ccccn4)(C2)C3)cc1. The maximum absolute atomic E-state index is 12.6. The second kappa shape index (κ2) is 5.65. The van der Waals surface area contributed by atoms with Gasteiger partial charge in [-0.1, -0.05) is 30.3 Å². The molecule has 2 aromatic rings. The number of nitrogens with one attached hydrogen (secondary N) is 1. The third-order valence-electron chi connectivity index (χ3n) is 6.49. The lowest BCUT2D eigenvalue weighted by molar-refractivity contribution is -0.139. The van der Waals surface area contributed by atoms with Crippen LogP contribution < -0.4 is 5.32 Å². The summed E-state index contributed by atoms with van der Waals surface area (Å²) < 4.78 is 5.18. The molecule has 134 valence electrons. The Balaban J connectivity index is 1.17. The van der Waals surface area contributed by atoms with E-state index in [4.69, 9.17) is 4.74 Å². The number of pyridine rings is 1. The van der Waals surface area contributed by atoms with Gasteiger partial charge in [0.1, 0.15) is 0 Å². The summed E-state index contributed by atoms with van der Waals surface area (Å²) in [5.41, 5.74) is 4.02. The fraction of sp³-hybridized carbons (Fsp3) is 0.455. The van der Waals surface area contributed by atoms with Crippen LogP contribution in [0, 0.1) is 5.92 Å². The van der Waals surface area contributed by atoms with Gasteiger partial charge in [0.25, 0.3) is 0 Å². The Bertz CT molecular complexity index is 811.